The Morgan fingerprint density at radius 2 is 2.40 bits per heavy atom. The van der Waals surface area contributed by atoms with Crippen LogP contribution in [0.1, 0.15) is 6.92 Å². The molecule has 0 saturated carbocycles. The Kier molecular flexibility index (Phi) is 3.73. The minimum atomic E-state index is -2.47. The summed E-state index contributed by atoms with van der Waals surface area (Å²) in [5.74, 6) is -0.383. The molecule has 84 valence electrons. The molecule has 0 aromatic carbocycles. The van der Waals surface area contributed by atoms with Crippen LogP contribution in [0.3, 0.4) is 0 Å². The van der Waals surface area contributed by atoms with Crippen LogP contribution in [0.25, 0.3) is 0 Å². The molecule has 7 heteroatoms. The van der Waals surface area contributed by atoms with Crippen LogP contribution in [-0.2, 0) is 11.3 Å². The lowest BCUT2D eigenvalue weighted by molar-refractivity contribution is -0.117. The van der Waals surface area contributed by atoms with Gasteiger partial charge in [-0.15, -0.1) is 0 Å². The van der Waals surface area contributed by atoms with Gasteiger partial charge in [-0.1, -0.05) is 0 Å². The molecule has 1 aromatic heterocycles. The van der Waals surface area contributed by atoms with E-state index in [2.05, 4.69) is 10.4 Å². The number of nitrogens with two attached hydrogens (primary N) is 1. The van der Waals surface area contributed by atoms with E-state index in [-0.39, 0.29) is 5.91 Å². The Morgan fingerprint density at radius 1 is 1.73 bits per heavy atom. The zero-order valence-corrected chi connectivity index (χ0v) is 8.15. The van der Waals surface area contributed by atoms with Gasteiger partial charge >= 0.3 is 0 Å². The van der Waals surface area contributed by atoms with Crippen LogP contribution in [0.4, 0.5) is 14.5 Å². The maximum Gasteiger partial charge on any atom is 0.257 e. The first kappa shape index (κ1) is 11.6. The van der Waals surface area contributed by atoms with E-state index < -0.39 is 19.0 Å². The number of alkyl halides is 2. The van der Waals surface area contributed by atoms with Crippen molar-refractivity contribution in [1.29, 1.82) is 0 Å². The number of carbonyl (C=O) groups excluding carboxylic acids is 1. The van der Waals surface area contributed by atoms with Crippen LogP contribution >= 0.6 is 0 Å². The Balaban J connectivity index is 2.56. The van der Waals surface area contributed by atoms with Crippen molar-refractivity contribution in [1.82, 2.24) is 9.78 Å². The number of rotatable bonds is 4. The number of nitrogens with zero attached hydrogens (tertiary/aromatic N) is 2. The van der Waals surface area contributed by atoms with Crippen molar-refractivity contribution >= 4 is 11.6 Å². The third-order valence-corrected chi connectivity index (χ3v) is 1.64. The second-order valence-electron chi connectivity index (χ2n) is 3.12. The van der Waals surface area contributed by atoms with Crippen LogP contribution < -0.4 is 11.1 Å². The number of amides is 1. The summed E-state index contributed by atoms with van der Waals surface area (Å²) >= 11 is 0. The zero-order valence-electron chi connectivity index (χ0n) is 8.15. The summed E-state index contributed by atoms with van der Waals surface area (Å²) in [7, 11) is 0. The van der Waals surface area contributed by atoms with Crippen LogP contribution in [0.5, 0.6) is 0 Å². The molecule has 0 fully saturated rings. The van der Waals surface area contributed by atoms with E-state index in [4.69, 9.17) is 5.73 Å². The summed E-state index contributed by atoms with van der Waals surface area (Å²) in [6.07, 6.45) is 0.150. The van der Waals surface area contributed by atoms with Crippen molar-refractivity contribution in [2.24, 2.45) is 5.73 Å². The van der Waals surface area contributed by atoms with Gasteiger partial charge in [-0.2, -0.15) is 5.10 Å². The van der Waals surface area contributed by atoms with E-state index in [9.17, 15) is 13.6 Å². The Morgan fingerprint density at radius 3 is 2.93 bits per heavy atom. The lowest BCUT2D eigenvalue weighted by atomic mass is 10.3. The summed E-state index contributed by atoms with van der Waals surface area (Å²) in [5, 5.41) is 6.09. The number of anilines is 1. The summed E-state index contributed by atoms with van der Waals surface area (Å²) in [5.41, 5.74) is 5.67. The van der Waals surface area contributed by atoms with Gasteiger partial charge in [-0.25, -0.2) is 8.78 Å². The second kappa shape index (κ2) is 4.83. The van der Waals surface area contributed by atoms with E-state index in [1.807, 2.05) is 0 Å². The maximum absolute atomic E-state index is 12.0. The van der Waals surface area contributed by atoms with E-state index in [0.29, 0.717) is 5.69 Å². The largest absolute Gasteiger partial charge is 0.322 e. The molecule has 0 radical (unpaired) electrons. The molecular weight excluding hydrogens is 206 g/mol. The van der Waals surface area contributed by atoms with Gasteiger partial charge in [0, 0.05) is 6.20 Å². The Labute approximate surface area is 85.2 Å². The fourth-order valence-corrected chi connectivity index (χ4v) is 0.925. The quantitative estimate of drug-likeness (QED) is 0.769. The number of hydrogen-bond acceptors (Lipinski definition) is 3. The van der Waals surface area contributed by atoms with Crippen molar-refractivity contribution in [2.45, 2.75) is 25.9 Å². The molecule has 0 aliphatic heterocycles. The highest BCUT2D eigenvalue weighted by atomic mass is 19.3. The SMILES string of the molecule is C[C@@H](N)C(=O)Nc1cnn(CC(F)F)c1. The summed E-state index contributed by atoms with van der Waals surface area (Å²) in [6, 6.07) is -0.650. The molecule has 3 N–H and O–H groups in total. The fraction of sp³-hybridized carbons (Fsp3) is 0.500. The van der Waals surface area contributed by atoms with Crippen molar-refractivity contribution in [3.8, 4) is 0 Å². The first-order valence-electron chi connectivity index (χ1n) is 4.36. The third-order valence-electron chi connectivity index (χ3n) is 1.64. The maximum atomic E-state index is 12.0. The van der Waals surface area contributed by atoms with E-state index in [1.54, 1.807) is 0 Å². The molecule has 1 rings (SSSR count). The van der Waals surface area contributed by atoms with Crippen LogP contribution in [0.15, 0.2) is 12.4 Å². The normalized spacial score (nSPS) is 12.9. The van der Waals surface area contributed by atoms with Gasteiger partial charge in [0.2, 0.25) is 5.91 Å². The van der Waals surface area contributed by atoms with Gasteiger partial charge in [0.05, 0.1) is 17.9 Å². The minimum absolute atomic E-state index is 0.359. The standard InChI is InChI=1S/C8H12F2N4O/c1-5(11)8(15)13-6-2-12-14(3-6)4-7(9)10/h2-3,5,7H,4,11H2,1H3,(H,13,15)/t5-/m1/s1. The lowest BCUT2D eigenvalue weighted by Crippen LogP contribution is -2.32. The van der Waals surface area contributed by atoms with Crippen LogP contribution in [0.2, 0.25) is 0 Å². The molecule has 1 aromatic rings. The van der Waals surface area contributed by atoms with E-state index >= 15 is 0 Å². The number of nitrogens with one attached hydrogen (secondary N) is 1. The average Bonchev–Trinajstić information content (AvgIpc) is 2.51. The summed E-state index contributed by atoms with van der Waals surface area (Å²) in [4.78, 5) is 11.1. The van der Waals surface area contributed by atoms with Crippen molar-refractivity contribution in [2.75, 3.05) is 5.32 Å². The molecule has 5 nitrogen and oxygen atoms in total. The first-order valence-corrected chi connectivity index (χ1v) is 4.36. The van der Waals surface area contributed by atoms with E-state index in [1.165, 1.54) is 19.3 Å². The first-order chi connectivity index (χ1) is 6.99. The number of halogens is 2. The molecule has 1 heterocycles. The van der Waals surface area contributed by atoms with Gasteiger partial charge in [0.25, 0.3) is 6.43 Å². The highest BCUT2D eigenvalue weighted by Crippen LogP contribution is 2.06. The molecule has 0 spiro atoms. The van der Waals surface area contributed by atoms with Gasteiger partial charge in [-0.05, 0) is 6.92 Å². The molecule has 1 amide bonds. The van der Waals surface area contributed by atoms with Gasteiger partial charge in [-0.3, -0.25) is 9.48 Å². The topological polar surface area (TPSA) is 72.9 Å². The fourth-order valence-electron chi connectivity index (χ4n) is 0.925. The van der Waals surface area contributed by atoms with E-state index in [0.717, 1.165) is 4.68 Å². The third kappa shape index (κ3) is 3.62. The minimum Gasteiger partial charge on any atom is -0.322 e. The zero-order chi connectivity index (χ0) is 11.4. The molecule has 0 saturated heterocycles. The average molecular weight is 218 g/mol. The summed E-state index contributed by atoms with van der Waals surface area (Å²) in [6.45, 7) is 1.03. The van der Waals surface area contributed by atoms with Gasteiger partial charge in [0.1, 0.15) is 6.54 Å². The summed E-state index contributed by atoms with van der Waals surface area (Å²) < 4.78 is 25.0. The predicted octanol–water partition coefficient (Wildman–Crippen LogP) is 0.434. The predicted molar refractivity (Wildman–Crippen MR) is 50.5 cm³/mol. The van der Waals surface area contributed by atoms with Gasteiger partial charge in [0.15, 0.2) is 0 Å². The number of hydrogen-bond donors (Lipinski definition) is 2. The molecule has 0 unspecified atom stereocenters. The van der Waals surface area contributed by atoms with Crippen LogP contribution in [-0.4, -0.2) is 28.2 Å². The molecule has 0 aliphatic rings. The molecule has 0 aliphatic carbocycles. The highest BCUT2D eigenvalue weighted by molar-refractivity contribution is 5.94. The smallest absolute Gasteiger partial charge is 0.257 e. The highest BCUT2D eigenvalue weighted by Gasteiger charge is 2.10. The number of carbonyl (C=O) groups is 1. The molecule has 15 heavy (non-hydrogen) atoms. The second-order valence-corrected chi connectivity index (χ2v) is 3.12. The Hall–Kier alpha value is -1.50. The molecular formula is C8H12F2N4O. The van der Waals surface area contributed by atoms with Crippen molar-refractivity contribution in [3.63, 3.8) is 0 Å². The monoisotopic (exact) mass is 218 g/mol. The van der Waals surface area contributed by atoms with Crippen molar-refractivity contribution < 1.29 is 13.6 Å². The lowest BCUT2D eigenvalue weighted by Gasteiger charge is -2.04. The Bertz CT molecular complexity index is 337. The van der Waals surface area contributed by atoms with Crippen LogP contribution in [0, 0.1) is 0 Å². The molecule has 0 bridgehead atoms. The van der Waals surface area contributed by atoms with Gasteiger partial charge < -0.3 is 11.1 Å². The number of aromatic nitrogens is 2. The van der Waals surface area contributed by atoms with Crippen molar-refractivity contribution in [3.05, 3.63) is 12.4 Å². The molecule has 1 atom stereocenters.